The van der Waals surface area contributed by atoms with Gasteiger partial charge in [0, 0.05) is 18.0 Å². The molecule has 0 aromatic carbocycles. The van der Waals surface area contributed by atoms with Gasteiger partial charge in [0.1, 0.15) is 0 Å². The predicted molar refractivity (Wildman–Crippen MR) is 49.9 cm³/mol. The van der Waals surface area contributed by atoms with Crippen molar-refractivity contribution in [2.75, 3.05) is 0 Å². The Morgan fingerprint density at radius 2 is 2.06 bits per heavy atom. The third-order valence-corrected chi connectivity index (χ3v) is 1.96. The van der Waals surface area contributed by atoms with Crippen molar-refractivity contribution in [1.82, 2.24) is 14.8 Å². The number of aromatic nitrogens is 3. The lowest BCUT2D eigenvalue weighted by Gasteiger charge is -2.09. The van der Waals surface area contributed by atoms with Gasteiger partial charge in [0.2, 0.25) is 0 Å². The summed E-state index contributed by atoms with van der Waals surface area (Å²) in [7, 11) is 0. The summed E-state index contributed by atoms with van der Waals surface area (Å²) < 4.78 is 38.8. The van der Waals surface area contributed by atoms with E-state index in [4.69, 9.17) is 0 Å². The quantitative estimate of drug-likeness (QED) is 0.747. The summed E-state index contributed by atoms with van der Waals surface area (Å²) in [6, 6.07) is 4.59. The number of hydrogen-bond donors (Lipinski definition) is 0. The summed E-state index contributed by atoms with van der Waals surface area (Å²) in [4.78, 5) is 3.97. The Balaban J connectivity index is 2.53. The highest BCUT2D eigenvalue weighted by molar-refractivity contribution is 5.31. The lowest BCUT2D eigenvalue weighted by atomic mass is 10.2. The Morgan fingerprint density at radius 1 is 1.31 bits per heavy atom. The molecule has 2 aromatic rings. The van der Waals surface area contributed by atoms with Crippen molar-refractivity contribution in [3.63, 3.8) is 0 Å². The zero-order chi connectivity index (χ0) is 11.8. The van der Waals surface area contributed by atoms with Crippen LogP contribution in [0.3, 0.4) is 0 Å². The summed E-state index contributed by atoms with van der Waals surface area (Å²) >= 11 is 0. The van der Waals surface area contributed by atoms with Gasteiger partial charge < -0.3 is 0 Å². The molecular weight excluding hydrogens is 219 g/mol. The molecule has 0 N–H and O–H groups in total. The van der Waals surface area contributed by atoms with Crippen LogP contribution >= 0.6 is 0 Å². The molecule has 0 spiro atoms. The van der Waals surface area contributed by atoms with E-state index in [9.17, 15) is 13.2 Å². The minimum Gasteiger partial charge on any atom is -0.234 e. The average Bonchev–Trinajstić information content (AvgIpc) is 2.68. The highest BCUT2D eigenvalue weighted by atomic mass is 19.4. The minimum atomic E-state index is -4.38. The minimum absolute atomic E-state index is 0.133. The van der Waals surface area contributed by atoms with Gasteiger partial charge in [-0.25, -0.2) is 9.67 Å². The fourth-order valence-corrected chi connectivity index (χ4v) is 1.29. The molecule has 0 aliphatic carbocycles. The van der Waals surface area contributed by atoms with Crippen LogP contribution in [0.4, 0.5) is 13.2 Å². The van der Waals surface area contributed by atoms with Crippen LogP contribution in [0.15, 0.2) is 24.5 Å². The molecule has 0 saturated carbocycles. The topological polar surface area (TPSA) is 30.7 Å². The van der Waals surface area contributed by atoms with E-state index >= 15 is 0 Å². The van der Waals surface area contributed by atoms with Gasteiger partial charge in [0.25, 0.3) is 0 Å². The molecule has 83 valence electrons. The number of nitrogens with zero attached hydrogens (tertiary/aromatic N) is 3. The largest absolute Gasteiger partial charge is 0.416 e. The second-order valence-corrected chi connectivity index (χ2v) is 3.24. The lowest BCUT2D eigenvalue weighted by Crippen LogP contribution is -2.09. The summed E-state index contributed by atoms with van der Waals surface area (Å²) in [6.07, 6.45) is -1.60. The van der Waals surface area contributed by atoms with Crippen LogP contribution in [0.5, 0.6) is 0 Å². The predicted octanol–water partition coefficient (Wildman–Crippen LogP) is 2.39. The monoisotopic (exact) mass is 226 g/mol. The van der Waals surface area contributed by atoms with Crippen molar-refractivity contribution >= 4 is 0 Å². The van der Waals surface area contributed by atoms with Crippen molar-refractivity contribution in [2.45, 2.75) is 13.1 Å². The molecule has 2 heterocycles. The molecule has 0 unspecified atom stereocenters. The van der Waals surface area contributed by atoms with E-state index in [2.05, 4.69) is 16.1 Å². The Bertz CT molecular complexity index is 489. The maximum Gasteiger partial charge on any atom is 0.416 e. The van der Waals surface area contributed by atoms with Gasteiger partial charge >= 0.3 is 6.18 Å². The fraction of sp³-hybridized carbons (Fsp3) is 0.200. The van der Waals surface area contributed by atoms with E-state index < -0.39 is 11.7 Å². The summed E-state index contributed by atoms with van der Waals surface area (Å²) in [6.45, 7) is 1.51. The summed E-state index contributed by atoms with van der Waals surface area (Å²) in [5, 5.41) is 3.78. The van der Waals surface area contributed by atoms with Gasteiger partial charge in [-0.1, -0.05) is 0 Å². The number of rotatable bonds is 1. The highest BCUT2D eigenvalue weighted by Gasteiger charge is 2.31. The van der Waals surface area contributed by atoms with Crippen molar-refractivity contribution < 1.29 is 13.2 Å². The molecule has 3 nitrogen and oxygen atoms in total. The maximum atomic E-state index is 12.5. The highest BCUT2D eigenvalue weighted by Crippen LogP contribution is 2.30. The van der Waals surface area contributed by atoms with Gasteiger partial charge in [0.15, 0.2) is 5.82 Å². The number of halogens is 3. The molecule has 0 atom stereocenters. The van der Waals surface area contributed by atoms with Gasteiger partial charge in [0.05, 0.1) is 11.8 Å². The van der Waals surface area contributed by atoms with Gasteiger partial charge in [-0.15, -0.1) is 0 Å². The Kier molecular flexibility index (Phi) is 2.41. The van der Waals surface area contributed by atoms with Crippen molar-refractivity contribution in [3.05, 3.63) is 41.9 Å². The average molecular weight is 226 g/mol. The molecule has 0 bridgehead atoms. The Morgan fingerprint density at radius 3 is 2.62 bits per heavy atom. The normalized spacial score (nSPS) is 11.8. The number of hydrogen-bond acceptors (Lipinski definition) is 2. The van der Waals surface area contributed by atoms with E-state index in [1.807, 2.05) is 0 Å². The Hall–Kier alpha value is -1.85. The molecule has 0 aliphatic rings. The van der Waals surface area contributed by atoms with Crippen LogP contribution in [0.2, 0.25) is 0 Å². The first-order valence-electron chi connectivity index (χ1n) is 4.44. The molecule has 6 heteroatoms. The van der Waals surface area contributed by atoms with E-state index in [0.717, 1.165) is 12.1 Å². The van der Waals surface area contributed by atoms with Crippen LogP contribution in [0, 0.1) is 13.0 Å². The molecule has 0 fully saturated rings. The van der Waals surface area contributed by atoms with Crippen LogP contribution in [-0.4, -0.2) is 14.8 Å². The molecule has 2 rings (SSSR count). The number of pyridine rings is 1. The smallest absolute Gasteiger partial charge is 0.234 e. The van der Waals surface area contributed by atoms with Crippen LogP contribution in [0.1, 0.15) is 11.3 Å². The molecule has 1 radical (unpaired) electrons. The molecule has 0 saturated heterocycles. The first kappa shape index (κ1) is 10.7. The van der Waals surface area contributed by atoms with Crippen LogP contribution in [0.25, 0.3) is 5.82 Å². The molecule has 0 aliphatic heterocycles. The zero-order valence-electron chi connectivity index (χ0n) is 8.28. The van der Waals surface area contributed by atoms with E-state index in [-0.39, 0.29) is 5.82 Å². The number of alkyl halides is 3. The van der Waals surface area contributed by atoms with E-state index in [1.54, 1.807) is 0 Å². The first-order valence-corrected chi connectivity index (χ1v) is 4.44. The summed E-state index contributed by atoms with van der Waals surface area (Å²) in [5.74, 6) is 0.133. The zero-order valence-corrected chi connectivity index (χ0v) is 8.28. The second-order valence-electron chi connectivity index (χ2n) is 3.24. The van der Waals surface area contributed by atoms with Crippen LogP contribution < -0.4 is 0 Å². The van der Waals surface area contributed by atoms with Crippen LogP contribution in [-0.2, 0) is 6.18 Å². The van der Waals surface area contributed by atoms with Crippen molar-refractivity contribution in [3.8, 4) is 5.82 Å². The lowest BCUT2D eigenvalue weighted by molar-refractivity contribution is -0.137. The molecule has 16 heavy (non-hydrogen) atoms. The second kappa shape index (κ2) is 3.62. The standard InChI is InChI=1S/C10H7F3N3/c1-7-5-8(10(11,12)13)6-9(15-7)16-4-2-3-14-16/h3-6H,1H3. The van der Waals surface area contributed by atoms with E-state index in [1.165, 1.54) is 24.0 Å². The van der Waals surface area contributed by atoms with Crippen molar-refractivity contribution in [1.29, 1.82) is 0 Å². The number of aryl methyl sites for hydroxylation is 1. The van der Waals surface area contributed by atoms with E-state index in [0.29, 0.717) is 5.69 Å². The van der Waals surface area contributed by atoms with Gasteiger partial charge in [-0.3, -0.25) is 0 Å². The molecule has 0 amide bonds. The maximum absolute atomic E-state index is 12.5. The third kappa shape index (κ3) is 2.05. The fourth-order valence-electron chi connectivity index (χ4n) is 1.29. The summed E-state index contributed by atoms with van der Waals surface area (Å²) in [5.41, 5.74) is -0.439. The third-order valence-electron chi connectivity index (χ3n) is 1.96. The van der Waals surface area contributed by atoms with Gasteiger partial charge in [-0.05, 0) is 19.1 Å². The SMILES string of the molecule is Cc1cc(C(F)(F)F)cc(-n2c[c]cn2)n1. The van der Waals surface area contributed by atoms with Crippen molar-refractivity contribution in [2.24, 2.45) is 0 Å². The molecular formula is C10H7F3N3. The Labute approximate surface area is 89.5 Å². The molecule has 2 aromatic heterocycles. The first-order chi connectivity index (χ1) is 7.47. The van der Waals surface area contributed by atoms with Gasteiger partial charge in [-0.2, -0.15) is 18.3 Å².